The van der Waals surface area contributed by atoms with Gasteiger partial charge in [-0.15, -0.1) is 0 Å². The lowest BCUT2D eigenvalue weighted by atomic mass is 10.1. The Morgan fingerprint density at radius 2 is 1.71 bits per heavy atom. The molecule has 0 aliphatic rings. The molecule has 0 spiro atoms. The number of ether oxygens (including phenoxy) is 1. The van der Waals surface area contributed by atoms with Crippen molar-refractivity contribution in [2.45, 2.75) is 45.8 Å². The average molecular weight is 494 g/mol. The molecule has 2 aromatic rings. The Morgan fingerprint density at radius 3 is 2.29 bits per heavy atom. The van der Waals surface area contributed by atoms with Crippen LogP contribution in [0.15, 0.2) is 48.5 Å². The van der Waals surface area contributed by atoms with E-state index in [1.54, 1.807) is 24.3 Å². The van der Waals surface area contributed by atoms with Gasteiger partial charge < -0.3 is 15.0 Å². The highest BCUT2D eigenvalue weighted by atomic mass is 32.2. The maximum absolute atomic E-state index is 14.4. The van der Waals surface area contributed by atoms with Crippen molar-refractivity contribution in [3.05, 3.63) is 59.9 Å². The molecule has 0 bridgehead atoms. The van der Waals surface area contributed by atoms with Gasteiger partial charge in [0.1, 0.15) is 24.2 Å². The maximum Gasteiger partial charge on any atom is 0.244 e. The molecule has 186 valence electrons. The van der Waals surface area contributed by atoms with E-state index >= 15 is 0 Å². The van der Waals surface area contributed by atoms with Gasteiger partial charge in [0.15, 0.2) is 0 Å². The van der Waals surface area contributed by atoms with Crippen LogP contribution < -0.4 is 14.4 Å². The van der Waals surface area contributed by atoms with Crippen LogP contribution in [-0.4, -0.2) is 57.1 Å². The Hall–Kier alpha value is -3.14. The van der Waals surface area contributed by atoms with Crippen molar-refractivity contribution in [1.82, 2.24) is 10.2 Å². The topological polar surface area (TPSA) is 96.0 Å². The molecule has 0 radical (unpaired) electrons. The third-order valence-corrected chi connectivity index (χ3v) is 6.63. The van der Waals surface area contributed by atoms with Crippen molar-refractivity contribution in [3.8, 4) is 5.75 Å². The summed E-state index contributed by atoms with van der Waals surface area (Å²) in [7, 11) is -2.50. The van der Waals surface area contributed by atoms with Crippen LogP contribution in [0.1, 0.15) is 32.8 Å². The van der Waals surface area contributed by atoms with Crippen LogP contribution in [0.3, 0.4) is 0 Å². The molecule has 1 N–H and O–H groups in total. The number of benzene rings is 2. The number of nitrogens with one attached hydrogen (secondary N) is 1. The predicted molar refractivity (Wildman–Crippen MR) is 129 cm³/mol. The first-order valence-electron chi connectivity index (χ1n) is 10.9. The van der Waals surface area contributed by atoms with E-state index in [-0.39, 0.29) is 29.6 Å². The summed E-state index contributed by atoms with van der Waals surface area (Å²) in [6.07, 6.45) is 1.67. The fourth-order valence-electron chi connectivity index (χ4n) is 3.29. The van der Waals surface area contributed by atoms with Crippen LogP contribution in [0.5, 0.6) is 5.75 Å². The Labute approximate surface area is 200 Å². The minimum absolute atomic E-state index is 0.124. The summed E-state index contributed by atoms with van der Waals surface area (Å²) in [6.45, 7) is 4.49. The molecule has 0 aliphatic carbocycles. The van der Waals surface area contributed by atoms with Crippen molar-refractivity contribution in [3.63, 3.8) is 0 Å². The highest BCUT2D eigenvalue weighted by Crippen LogP contribution is 2.29. The van der Waals surface area contributed by atoms with Gasteiger partial charge in [-0.2, -0.15) is 0 Å². The van der Waals surface area contributed by atoms with E-state index in [1.807, 2.05) is 13.8 Å². The maximum atomic E-state index is 14.4. The van der Waals surface area contributed by atoms with Crippen LogP contribution >= 0.6 is 0 Å². The monoisotopic (exact) mass is 493 g/mol. The third kappa shape index (κ3) is 6.93. The summed E-state index contributed by atoms with van der Waals surface area (Å²) in [5, 5.41) is 2.82. The van der Waals surface area contributed by atoms with E-state index in [0.717, 1.165) is 10.6 Å². The van der Waals surface area contributed by atoms with E-state index in [0.29, 0.717) is 6.42 Å². The number of hydrogen-bond donors (Lipinski definition) is 1. The second kappa shape index (κ2) is 11.8. The van der Waals surface area contributed by atoms with Gasteiger partial charge in [0.05, 0.1) is 19.1 Å². The highest BCUT2D eigenvalue weighted by molar-refractivity contribution is 7.92. The number of amides is 2. The zero-order valence-electron chi connectivity index (χ0n) is 20.1. The molecule has 2 amide bonds. The second-order valence-corrected chi connectivity index (χ2v) is 9.96. The normalized spacial score (nSPS) is 13.0. The van der Waals surface area contributed by atoms with Crippen molar-refractivity contribution in [1.29, 1.82) is 0 Å². The number of carbonyl (C=O) groups excluding carboxylic acids is 2. The lowest BCUT2D eigenvalue weighted by Gasteiger charge is -2.32. The molecular formula is C24H32FN3O5S. The summed E-state index contributed by atoms with van der Waals surface area (Å²) in [6, 6.07) is 11.2. The van der Waals surface area contributed by atoms with Crippen LogP contribution in [0.25, 0.3) is 0 Å². The fourth-order valence-corrected chi connectivity index (χ4v) is 4.14. The van der Waals surface area contributed by atoms with Crippen LogP contribution in [0.4, 0.5) is 10.1 Å². The summed E-state index contributed by atoms with van der Waals surface area (Å²) < 4.78 is 45.8. The largest absolute Gasteiger partial charge is 0.495 e. The first-order valence-corrected chi connectivity index (χ1v) is 12.8. The molecule has 2 aromatic carbocycles. The molecule has 10 heteroatoms. The molecule has 0 saturated heterocycles. The number of methoxy groups -OCH3 is 1. The first-order chi connectivity index (χ1) is 16.0. The highest BCUT2D eigenvalue weighted by Gasteiger charge is 2.31. The average Bonchev–Trinajstić information content (AvgIpc) is 2.80. The zero-order valence-corrected chi connectivity index (χ0v) is 20.9. The molecule has 0 fully saturated rings. The third-order valence-electron chi connectivity index (χ3n) is 5.50. The smallest absolute Gasteiger partial charge is 0.244 e. The van der Waals surface area contributed by atoms with E-state index in [4.69, 9.17) is 4.74 Å². The number of anilines is 1. The molecule has 0 unspecified atom stereocenters. The number of carbonyl (C=O) groups is 2. The molecule has 34 heavy (non-hydrogen) atoms. The number of nitrogens with zero attached hydrogens (tertiary/aromatic N) is 2. The van der Waals surface area contributed by atoms with Gasteiger partial charge in [0.25, 0.3) is 0 Å². The van der Waals surface area contributed by atoms with Gasteiger partial charge in [0, 0.05) is 18.2 Å². The molecule has 0 aromatic heterocycles. The van der Waals surface area contributed by atoms with Crippen molar-refractivity contribution in [2.24, 2.45) is 0 Å². The van der Waals surface area contributed by atoms with Crippen molar-refractivity contribution < 1.29 is 27.1 Å². The van der Waals surface area contributed by atoms with Gasteiger partial charge in [0.2, 0.25) is 21.8 Å². The number of hydrogen-bond acceptors (Lipinski definition) is 5. The van der Waals surface area contributed by atoms with Gasteiger partial charge in [-0.1, -0.05) is 37.3 Å². The van der Waals surface area contributed by atoms with Gasteiger partial charge in [-0.3, -0.25) is 13.9 Å². The zero-order chi connectivity index (χ0) is 25.5. The van der Waals surface area contributed by atoms with E-state index in [9.17, 15) is 22.4 Å². The summed E-state index contributed by atoms with van der Waals surface area (Å²) in [5.74, 6) is -1.34. The number of para-hydroxylation sites is 2. The summed E-state index contributed by atoms with van der Waals surface area (Å²) in [4.78, 5) is 27.5. The van der Waals surface area contributed by atoms with Gasteiger partial charge in [-0.25, -0.2) is 12.8 Å². The fraction of sp³-hybridized carbons (Fsp3) is 0.417. The molecule has 0 aliphatic heterocycles. The van der Waals surface area contributed by atoms with E-state index in [2.05, 4.69) is 5.32 Å². The summed E-state index contributed by atoms with van der Waals surface area (Å²) in [5.41, 5.74) is 0.394. The number of sulfonamides is 1. The summed E-state index contributed by atoms with van der Waals surface area (Å²) >= 11 is 0. The lowest BCUT2D eigenvalue weighted by molar-refractivity contribution is -0.139. The van der Waals surface area contributed by atoms with E-state index < -0.39 is 40.2 Å². The Morgan fingerprint density at radius 1 is 1.09 bits per heavy atom. The minimum Gasteiger partial charge on any atom is -0.495 e. The Kier molecular flexibility index (Phi) is 9.43. The molecule has 8 nitrogen and oxygen atoms in total. The van der Waals surface area contributed by atoms with Crippen molar-refractivity contribution in [2.75, 3.05) is 24.2 Å². The molecule has 2 atom stereocenters. The van der Waals surface area contributed by atoms with Crippen LogP contribution in [0, 0.1) is 5.82 Å². The minimum atomic E-state index is -3.90. The Bertz CT molecular complexity index is 1110. The number of halogens is 1. The number of rotatable bonds is 11. The van der Waals surface area contributed by atoms with Gasteiger partial charge >= 0.3 is 0 Å². The van der Waals surface area contributed by atoms with E-state index in [1.165, 1.54) is 43.2 Å². The van der Waals surface area contributed by atoms with Crippen LogP contribution in [0.2, 0.25) is 0 Å². The Balaban J connectivity index is 2.44. The van der Waals surface area contributed by atoms with Crippen molar-refractivity contribution >= 4 is 27.5 Å². The van der Waals surface area contributed by atoms with Gasteiger partial charge in [-0.05, 0) is 38.5 Å². The molecule has 0 heterocycles. The predicted octanol–water partition coefficient (Wildman–Crippen LogP) is 2.93. The quantitative estimate of drug-likeness (QED) is 0.519. The second-order valence-electron chi connectivity index (χ2n) is 8.05. The molecule has 0 saturated carbocycles. The standard InChI is InChI=1S/C24H32FN3O5S/c1-6-17(2)26-24(30)18(3)27(15-19-11-7-8-12-20(19)25)23(29)16-28(34(5,31)32)21-13-9-10-14-22(21)33-4/h7-14,17-18H,6,15-16H2,1-5H3,(H,26,30)/t17-,18-/m0/s1. The molecular weight excluding hydrogens is 461 g/mol. The SMILES string of the molecule is CC[C@H](C)NC(=O)[C@H](C)N(Cc1ccccc1F)C(=O)CN(c1ccccc1OC)S(C)(=O)=O. The van der Waals surface area contributed by atoms with Crippen LogP contribution in [-0.2, 0) is 26.2 Å². The lowest BCUT2D eigenvalue weighted by Crippen LogP contribution is -2.52. The molecule has 2 rings (SSSR count). The first kappa shape index (κ1) is 27.1.